The molecule has 1 heterocycles. The predicted octanol–water partition coefficient (Wildman–Crippen LogP) is 1.18. The lowest BCUT2D eigenvalue weighted by Gasteiger charge is -2.14. The molecule has 0 saturated heterocycles. The maximum absolute atomic E-state index is 11.4. The number of rotatable bonds is 3. The molecule has 1 amide bonds. The largest absolute Gasteiger partial charge is 0.372 e. The molecule has 0 aliphatic heterocycles. The van der Waals surface area contributed by atoms with E-state index >= 15 is 0 Å². The van der Waals surface area contributed by atoms with Gasteiger partial charge in [0.1, 0.15) is 6.04 Å². The number of nitrogens with one attached hydrogen (secondary N) is 2. The summed E-state index contributed by atoms with van der Waals surface area (Å²) < 4.78 is 0. The highest BCUT2D eigenvalue weighted by atomic mass is 16.2. The highest BCUT2D eigenvalue weighted by Gasteiger charge is 2.12. The molecule has 1 aromatic heterocycles. The van der Waals surface area contributed by atoms with E-state index in [1.54, 1.807) is 20.2 Å². The summed E-state index contributed by atoms with van der Waals surface area (Å²) in [6.45, 7) is 1.80. The Morgan fingerprint density at radius 3 is 2.88 bits per heavy atom. The molecule has 0 aliphatic rings. The number of carbonyl (C=O) groups is 1. The lowest BCUT2D eigenvalue weighted by Crippen LogP contribution is -2.35. The zero-order valence-electron chi connectivity index (χ0n) is 9.77. The molecular weight excluding hydrogens is 216 g/mol. The Hall–Kier alpha value is -2.17. The topological polar surface area (TPSA) is 66.9 Å². The average Bonchev–Trinajstić information content (AvgIpc) is 2.38. The molecule has 17 heavy (non-hydrogen) atoms. The number of nitrogens with zero attached hydrogens (tertiary/aromatic N) is 2. The summed E-state index contributed by atoms with van der Waals surface area (Å²) in [4.78, 5) is 11.4. The van der Waals surface area contributed by atoms with Gasteiger partial charge in [-0.25, -0.2) is 0 Å². The zero-order valence-corrected chi connectivity index (χ0v) is 9.77. The summed E-state index contributed by atoms with van der Waals surface area (Å²) in [5.41, 5.74) is 1.62. The number of hydrogen-bond donors (Lipinski definition) is 2. The molecule has 2 N–H and O–H groups in total. The Kier molecular flexibility index (Phi) is 3.18. The van der Waals surface area contributed by atoms with Crippen molar-refractivity contribution in [1.29, 1.82) is 0 Å². The van der Waals surface area contributed by atoms with Gasteiger partial charge in [0.2, 0.25) is 5.91 Å². The molecule has 5 nitrogen and oxygen atoms in total. The maximum Gasteiger partial charge on any atom is 0.241 e. The predicted molar refractivity (Wildman–Crippen MR) is 66.7 cm³/mol. The zero-order chi connectivity index (χ0) is 12.3. The van der Waals surface area contributed by atoms with Crippen LogP contribution in [0.15, 0.2) is 30.5 Å². The quantitative estimate of drug-likeness (QED) is 0.830. The second kappa shape index (κ2) is 4.78. The number of likely N-dealkylation sites (N-methyl/N-ethyl adjacent to an activating group) is 1. The maximum atomic E-state index is 11.4. The third-order valence-electron chi connectivity index (χ3n) is 2.56. The van der Waals surface area contributed by atoms with Gasteiger partial charge in [-0.1, -0.05) is 18.2 Å². The van der Waals surface area contributed by atoms with E-state index in [1.165, 1.54) is 0 Å². The fraction of sp³-hybridized carbons (Fsp3) is 0.250. The first-order valence-corrected chi connectivity index (χ1v) is 5.41. The third kappa shape index (κ3) is 2.33. The van der Waals surface area contributed by atoms with Gasteiger partial charge in [-0.15, -0.1) is 0 Å². The minimum atomic E-state index is -0.312. The number of fused-ring (bicyclic) bond motifs is 1. The van der Waals surface area contributed by atoms with Crippen LogP contribution in [0.1, 0.15) is 6.92 Å². The monoisotopic (exact) mass is 230 g/mol. The first-order valence-electron chi connectivity index (χ1n) is 5.41. The van der Waals surface area contributed by atoms with Crippen LogP contribution in [0.5, 0.6) is 0 Å². The van der Waals surface area contributed by atoms with Crippen LogP contribution in [0.25, 0.3) is 10.9 Å². The van der Waals surface area contributed by atoms with Crippen molar-refractivity contribution >= 4 is 22.5 Å². The van der Waals surface area contributed by atoms with Crippen molar-refractivity contribution in [3.8, 4) is 0 Å². The highest BCUT2D eigenvalue weighted by Crippen LogP contribution is 2.20. The third-order valence-corrected chi connectivity index (χ3v) is 2.56. The molecule has 5 heteroatoms. The molecule has 0 saturated carbocycles. The van der Waals surface area contributed by atoms with E-state index in [4.69, 9.17) is 0 Å². The molecule has 2 rings (SSSR count). The van der Waals surface area contributed by atoms with Gasteiger partial charge in [0.15, 0.2) is 0 Å². The number of anilines is 1. The smallest absolute Gasteiger partial charge is 0.241 e. The Bertz CT molecular complexity index is 536. The molecule has 0 aliphatic carbocycles. The highest BCUT2D eigenvalue weighted by molar-refractivity contribution is 5.93. The standard InChI is InChI=1S/C12H14N4O/c1-8(12(17)13-2)15-11-7-14-16-10-6-4-3-5-9(10)11/h3-8H,1-2H3,(H,13,17)(H,15,16). The van der Waals surface area contributed by atoms with E-state index in [1.807, 2.05) is 24.3 Å². The van der Waals surface area contributed by atoms with Crippen molar-refractivity contribution in [3.05, 3.63) is 30.5 Å². The van der Waals surface area contributed by atoms with Crippen LogP contribution < -0.4 is 10.6 Å². The van der Waals surface area contributed by atoms with Gasteiger partial charge in [-0.05, 0) is 13.0 Å². The van der Waals surface area contributed by atoms with Crippen molar-refractivity contribution in [2.24, 2.45) is 0 Å². The van der Waals surface area contributed by atoms with Crippen molar-refractivity contribution in [2.45, 2.75) is 13.0 Å². The van der Waals surface area contributed by atoms with Gasteiger partial charge in [0.25, 0.3) is 0 Å². The first-order chi connectivity index (χ1) is 8.22. The molecule has 1 atom stereocenters. The van der Waals surface area contributed by atoms with Crippen molar-refractivity contribution in [2.75, 3.05) is 12.4 Å². The molecule has 1 unspecified atom stereocenters. The van der Waals surface area contributed by atoms with E-state index in [2.05, 4.69) is 20.8 Å². The molecular formula is C12H14N4O. The number of amides is 1. The second-order valence-corrected chi connectivity index (χ2v) is 3.76. The van der Waals surface area contributed by atoms with Gasteiger partial charge in [-0.3, -0.25) is 4.79 Å². The lowest BCUT2D eigenvalue weighted by molar-refractivity contribution is -0.121. The summed E-state index contributed by atoms with van der Waals surface area (Å²) >= 11 is 0. The van der Waals surface area contributed by atoms with E-state index in [-0.39, 0.29) is 11.9 Å². The minimum Gasteiger partial charge on any atom is -0.372 e. The Morgan fingerprint density at radius 2 is 2.12 bits per heavy atom. The van der Waals surface area contributed by atoms with Crippen LogP contribution >= 0.6 is 0 Å². The minimum absolute atomic E-state index is 0.0640. The number of benzene rings is 1. The van der Waals surface area contributed by atoms with E-state index < -0.39 is 0 Å². The fourth-order valence-corrected chi connectivity index (χ4v) is 1.64. The summed E-state index contributed by atoms with van der Waals surface area (Å²) in [5.74, 6) is -0.0640. The lowest BCUT2D eigenvalue weighted by atomic mass is 10.2. The molecule has 0 fully saturated rings. The van der Waals surface area contributed by atoms with Crippen LogP contribution in [0.2, 0.25) is 0 Å². The Balaban J connectivity index is 2.33. The van der Waals surface area contributed by atoms with Crippen LogP contribution in [-0.4, -0.2) is 29.2 Å². The summed E-state index contributed by atoms with van der Waals surface area (Å²) in [6, 6.07) is 7.36. The Morgan fingerprint density at radius 1 is 1.35 bits per heavy atom. The van der Waals surface area contributed by atoms with Crippen LogP contribution in [-0.2, 0) is 4.79 Å². The summed E-state index contributed by atoms with van der Waals surface area (Å²) in [5, 5.41) is 14.6. The van der Waals surface area contributed by atoms with Crippen LogP contribution in [0.4, 0.5) is 5.69 Å². The van der Waals surface area contributed by atoms with Gasteiger partial charge in [0, 0.05) is 12.4 Å². The Labute approximate surface area is 99.2 Å². The number of hydrogen-bond acceptors (Lipinski definition) is 4. The van der Waals surface area contributed by atoms with E-state index in [0.717, 1.165) is 16.6 Å². The molecule has 0 radical (unpaired) electrons. The van der Waals surface area contributed by atoms with E-state index in [0.29, 0.717) is 0 Å². The molecule has 88 valence electrons. The van der Waals surface area contributed by atoms with Gasteiger partial charge in [-0.2, -0.15) is 10.2 Å². The summed E-state index contributed by atoms with van der Waals surface area (Å²) in [7, 11) is 1.61. The SMILES string of the molecule is CNC(=O)C(C)Nc1cnnc2ccccc12. The second-order valence-electron chi connectivity index (χ2n) is 3.76. The number of carbonyl (C=O) groups excluding carboxylic acids is 1. The van der Waals surface area contributed by atoms with Crippen molar-refractivity contribution < 1.29 is 4.79 Å². The van der Waals surface area contributed by atoms with Crippen LogP contribution in [0.3, 0.4) is 0 Å². The molecule has 0 bridgehead atoms. The first kappa shape index (κ1) is 11.3. The molecule has 2 aromatic rings. The van der Waals surface area contributed by atoms with Gasteiger partial charge in [0.05, 0.1) is 17.4 Å². The van der Waals surface area contributed by atoms with Crippen molar-refractivity contribution in [1.82, 2.24) is 15.5 Å². The molecule has 0 spiro atoms. The average molecular weight is 230 g/mol. The molecule has 1 aromatic carbocycles. The summed E-state index contributed by atoms with van der Waals surface area (Å²) in [6.07, 6.45) is 1.63. The van der Waals surface area contributed by atoms with Crippen molar-refractivity contribution in [3.63, 3.8) is 0 Å². The number of aromatic nitrogens is 2. The fourth-order valence-electron chi connectivity index (χ4n) is 1.64. The van der Waals surface area contributed by atoms with Gasteiger partial charge >= 0.3 is 0 Å². The van der Waals surface area contributed by atoms with Crippen LogP contribution in [0, 0.1) is 0 Å². The van der Waals surface area contributed by atoms with E-state index in [9.17, 15) is 4.79 Å². The van der Waals surface area contributed by atoms with Gasteiger partial charge < -0.3 is 10.6 Å². The normalized spacial score (nSPS) is 12.1.